The maximum absolute atomic E-state index is 12.7. The highest BCUT2D eigenvalue weighted by Gasteiger charge is 2.19. The standard InChI is InChI=1S/C12H12FNO3/c1-7(14)10(12(16)17-2)11(15)8-3-5-9(13)6-4-8/h3-6,14-15H,1-2H3/b11-10+,14-7?. The molecule has 0 aliphatic rings. The van der Waals surface area contributed by atoms with Gasteiger partial charge in [-0.05, 0) is 31.2 Å². The first-order chi connectivity index (χ1) is 7.97. The van der Waals surface area contributed by atoms with Gasteiger partial charge in [-0.3, -0.25) is 0 Å². The molecule has 1 aromatic carbocycles. The van der Waals surface area contributed by atoms with Crippen LogP contribution in [0.4, 0.5) is 4.39 Å². The van der Waals surface area contributed by atoms with Gasteiger partial charge in [0.25, 0.3) is 0 Å². The minimum absolute atomic E-state index is 0.126. The van der Waals surface area contributed by atoms with Gasteiger partial charge in [0.05, 0.1) is 7.11 Å². The number of halogens is 1. The molecule has 0 aliphatic carbocycles. The quantitative estimate of drug-likeness (QED) is 0.367. The van der Waals surface area contributed by atoms with Crippen molar-refractivity contribution in [1.29, 1.82) is 5.41 Å². The highest BCUT2D eigenvalue weighted by atomic mass is 19.1. The third-order valence-corrected chi connectivity index (χ3v) is 2.12. The monoisotopic (exact) mass is 237 g/mol. The van der Waals surface area contributed by atoms with E-state index in [1.165, 1.54) is 19.1 Å². The first kappa shape index (κ1) is 12.9. The molecule has 1 aromatic rings. The average molecular weight is 237 g/mol. The topological polar surface area (TPSA) is 70.4 Å². The lowest BCUT2D eigenvalue weighted by atomic mass is 10.1. The lowest BCUT2D eigenvalue weighted by Crippen LogP contribution is -2.13. The number of carbonyl (C=O) groups excluding carboxylic acids is 1. The molecule has 0 aliphatic heterocycles. The molecule has 0 unspecified atom stereocenters. The number of carbonyl (C=O) groups is 1. The Kier molecular flexibility index (Phi) is 3.98. The Morgan fingerprint density at radius 2 is 1.88 bits per heavy atom. The van der Waals surface area contributed by atoms with Gasteiger partial charge >= 0.3 is 5.97 Å². The summed E-state index contributed by atoms with van der Waals surface area (Å²) in [6, 6.07) is 4.94. The SMILES string of the molecule is COC(=O)/C(C(C)=N)=C(/O)c1ccc(F)cc1. The van der Waals surface area contributed by atoms with Crippen molar-refractivity contribution in [2.24, 2.45) is 0 Å². The second-order valence-electron chi connectivity index (χ2n) is 3.35. The third-order valence-electron chi connectivity index (χ3n) is 2.12. The van der Waals surface area contributed by atoms with Crippen molar-refractivity contribution in [3.63, 3.8) is 0 Å². The normalized spacial score (nSPS) is 11.7. The van der Waals surface area contributed by atoms with Gasteiger partial charge in [0.15, 0.2) is 0 Å². The van der Waals surface area contributed by atoms with E-state index in [-0.39, 0.29) is 16.8 Å². The molecule has 5 heteroatoms. The molecule has 0 amide bonds. The van der Waals surface area contributed by atoms with Crippen molar-refractivity contribution < 1.29 is 19.0 Å². The van der Waals surface area contributed by atoms with Crippen molar-refractivity contribution in [2.75, 3.05) is 7.11 Å². The van der Waals surface area contributed by atoms with E-state index in [2.05, 4.69) is 4.74 Å². The Hall–Kier alpha value is -2.17. The maximum atomic E-state index is 12.7. The fourth-order valence-electron chi connectivity index (χ4n) is 1.28. The van der Waals surface area contributed by atoms with Gasteiger partial charge in [0, 0.05) is 11.3 Å². The predicted octanol–water partition coefficient (Wildman–Crippen LogP) is 2.31. The van der Waals surface area contributed by atoms with Crippen LogP contribution in [0, 0.1) is 11.2 Å². The van der Waals surface area contributed by atoms with E-state index >= 15 is 0 Å². The number of esters is 1. The Labute approximate surface area is 97.9 Å². The van der Waals surface area contributed by atoms with Crippen LogP contribution in [0.5, 0.6) is 0 Å². The third kappa shape index (κ3) is 2.90. The molecule has 0 saturated carbocycles. The molecule has 0 aromatic heterocycles. The molecular formula is C12H12FNO3. The average Bonchev–Trinajstić information content (AvgIpc) is 2.29. The van der Waals surface area contributed by atoms with Crippen LogP contribution >= 0.6 is 0 Å². The number of hydrogen-bond acceptors (Lipinski definition) is 4. The van der Waals surface area contributed by atoms with Crippen LogP contribution < -0.4 is 0 Å². The zero-order valence-electron chi connectivity index (χ0n) is 9.45. The molecule has 90 valence electrons. The first-order valence-electron chi connectivity index (χ1n) is 4.80. The Morgan fingerprint density at radius 3 is 2.29 bits per heavy atom. The summed E-state index contributed by atoms with van der Waals surface area (Å²) < 4.78 is 17.2. The van der Waals surface area contributed by atoms with Gasteiger partial charge in [0.2, 0.25) is 0 Å². The minimum Gasteiger partial charge on any atom is -0.506 e. The summed E-state index contributed by atoms with van der Waals surface area (Å²) in [5.41, 5.74) is -0.115. The number of ether oxygens (including phenoxy) is 1. The van der Waals surface area contributed by atoms with E-state index in [1.54, 1.807) is 0 Å². The summed E-state index contributed by atoms with van der Waals surface area (Å²) in [7, 11) is 1.16. The van der Waals surface area contributed by atoms with Gasteiger partial charge in [0.1, 0.15) is 17.1 Å². The van der Waals surface area contributed by atoms with Crippen molar-refractivity contribution in [1.82, 2.24) is 0 Å². The van der Waals surface area contributed by atoms with Gasteiger partial charge in [-0.2, -0.15) is 0 Å². The molecule has 4 nitrogen and oxygen atoms in total. The summed E-state index contributed by atoms with van der Waals surface area (Å²) in [6.07, 6.45) is 0. The second-order valence-corrected chi connectivity index (χ2v) is 3.35. The molecule has 1 rings (SSSR count). The minimum atomic E-state index is -0.806. The molecule has 17 heavy (non-hydrogen) atoms. The summed E-state index contributed by atoms with van der Waals surface area (Å²) in [6.45, 7) is 1.35. The fourth-order valence-corrected chi connectivity index (χ4v) is 1.28. The molecule has 0 spiro atoms. The number of benzene rings is 1. The second kappa shape index (κ2) is 5.25. The highest BCUT2D eigenvalue weighted by molar-refractivity contribution is 6.22. The molecule has 0 bridgehead atoms. The fraction of sp³-hybridized carbons (Fsp3) is 0.167. The summed E-state index contributed by atoms with van der Waals surface area (Å²) in [5.74, 6) is -1.66. The van der Waals surface area contributed by atoms with Crippen molar-refractivity contribution >= 4 is 17.4 Å². The van der Waals surface area contributed by atoms with Gasteiger partial charge in [-0.15, -0.1) is 0 Å². The molecule has 2 N–H and O–H groups in total. The summed E-state index contributed by atoms with van der Waals surface area (Å²) >= 11 is 0. The van der Waals surface area contributed by atoms with E-state index in [4.69, 9.17) is 5.41 Å². The highest BCUT2D eigenvalue weighted by Crippen LogP contribution is 2.18. The lowest BCUT2D eigenvalue weighted by Gasteiger charge is -2.07. The predicted molar refractivity (Wildman–Crippen MR) is 61.4 cm³/mol. The Morgan fingerprint density at radius 1 is 1.35 bits per heavy atom. The van der Waals surface area contributed by atoms with Gasteiger partial charge in [-0.1, -0.05) is 0 Å². The number of rotatable bonds is 3. The largest absolute Gasteiger partial charge is 0.506 e. The Bertz CT molecular complexity index is 477. The zero-order chi connectivity index (χ0) is 13.0. The van der Waals surface area contributed by atoms with Gasteiger partial charge < -0.3 is 15.3 Å². The van der Waals surface area contributed by atoms with Crippen molar-refractivity contribution in [3.8, 4) is 0 Å². The number of aliphatic hydroxyl groups is 1. The van der Waals surface area contributed by atoms with Gasteiger partial charge in [-0.25, -0.2) is 9.18 Å². The van der Waals surface area contributed by atoms with E-state index in [1.807, 2.05) is 0 Å². The molecule has 0 atom stereocenters. The molecular weight excluding hydrogens is 225 g/mol. The van der Waals surface area contributed by atoms with Crippen LogP contribution in [-0.2, 0) is 9.53 Å². The smallest absolute Gasteiger partial charge is 0.343 e. The van der Waals surface area contributed by atoms with Crippen LogP contribution in [0.1, 0.15) is 12.5 Å². The van der Waals surface area contributed by atoms with Crippen molar-refractivity contribution in [3.05, 3.63) is 41.2 Å². The van der Waals surface area contributed by atoms with Crippen LogP contribution in [-0.4, -0.2) is 23.9 Å². The first-order valence-corrected chi connectivity index (χ1v) is 4.80. The summed E-state index contributed by atoms with van der Waals surface area (Å²) in [4.78, 5) is 11.4. The molecule has 0 fully saturated rings. The lowest BCUT2D eigenvalue weighted by molar-refractivity contribution is -0.135. The van der Waals surface area contributed by atoms with E-state index in [9.17, 15) is 14.3 Å². The molecule has 0 radical (unpaired) electrons. The van der Waals surface area contributed by atoms with E-state index < -0.39 is 17.5 Å². The molecule has 0 heterocycles. The van der Waals surface area contributed by atoms with Crippen LogP contribution in [0.2, 0.25) is 0 Å². The molecule has 0 saturated heterocycles. The van der Waals surface area contributed by atoms with Crippen LogP contribution in [0.15, 0.2) is 29.8 Å². The number of nitrogens with one attached hydrogen (secondary N) is 1. The Balaban J connectivity index is 3.29. The zero-order valence-corrected chi connectivity index (χ0v) is 9.45. The van der Waals surface area contributed by atoms with Crippen LogP contribution in [0.3, 0.4) is 0 Å². The summed E-state index contributed by atoms with van der Waals surface area (Å²) in [5, 5.41) is 17.3. The number of hydrogen-bond donors (Lipinski definition) is 2. The maximum Gasteiger partial charge on any atom is 0.343 e. The van der Waals surface area contributed by atoms with E-state index in [0.29, 0.717) is 0 Å². The van der Waals surface area contributed by atoms with E-state index in [0.717, 1.165) is 19.2 Å². The van der Waals surface area contributed by atoms with Crippen molar-refractivity contribution in [2.45, 2.75) is 6.92 Å². The number of methoxy groups -OCH3 is 1. The number of aliphatic hydroxyl groups excluding tert-OH is 1. The van der Waals surface area contributed by atoms with Crippen LogP contribution in [0.25, 0.3) is 5.76 Å².